The Morgan fingerprint density at radius 3 is 2.54 bits per heavy atom. The molecule has 0 bridgehead atoms. The summed E-state index contributed by atoms with van der Waals surface area (Å²) in [7, 11) is 0. The van der Waals surface area contributed by atoms with Crippen LogP contribution in [-0.2, 0) is 11.3 Å². The van der Waals surface area contributed by atoms with E-state index in [-0.39, 0.29) is 5.69 Å². The average molecular weight is 337 g/mol. The van der Waals surface area contributed by atoms with Crippen molar-refractivity contribution in [2.24, 2.45) is 5.92 Å². The van der Waals surface area contributed by atoms with Gasteiger partial charge < -0.3 is 4.74 Å². The van der Waals surface area contributed by atoms with Crippen LogP contribution in [0.4, 0.5) is 10.1 Å². The van der Waals surface area contributed by atoms with Crippen LogP contribution in [0.25, 0.3) is 0 Å². The van der Waals surface area contributed by atoms with Crippen LogP contribution in [0.5, 0.6) is 0 Å². The molecule has 0 unspecified atom stereocenters. The molecule has 3 rings (SSSR count). The Labute approximate surface area is 141 Å². The highest BCUT2D eigenvalue weighted by Crippen LogP contribution is 2.25. The molecule has 7 heteroatoms. The topological polar surface area (TPSA) is 58.9 Å². The summed E-state index contributed by atoms with van der Waals surface area (Å²) in [5.41, 5.74) is 0.471. The molecule has 2 aliphatic rings. The Balaban J connectivity index is 1.52. The van der Waals surface area contributed by atoms with E-state index in [0.29, 0.717) is 18.0 Å². The van der Waals surface area contributed by atoms with E-state index in [9.17, 15) is 14.5 Å². The third-order valence-corrected chi connectivity index (χ3v) is 4.96. The van der Waals surface area contributed by atoms with Crippen LogP contribution in [0.1, 0.15) is 18.4 Å². The molecule has 0 amide bonds. The number of nitro groups is 1. The maximum atomic E-state index is 13.4. The molecule has 1 aromatic carbocycles. The zero-order valence-corrected chi connectivity index (χ0v) is 13.8. The minimum Gasteiger partial charge on any atom is -0.379 e. The number of hydrogen-bond donors (Lipinski definition) is 0. The second-order valence-corrected chi connectivity index (χ2v) is 6.66. The van der Waals surface area contributed by atoms with Gasteiger partial charge in [0.2, 0.25) is 0 Å². The number of morpholine rings is 1. The van der Waals surface area contributed by atoms with Gasteiger partial charge >= 0.3 is 0 Å². The van der Waals surface area contributed by atoms with Gasteiger partial charge in [-0.1, -0.05) is 0 Å². The van der Waals surface area contributed by atoms with Crippen LogP contribution in [0, 0.1) is 21.8 Å². The molecule has 0 N–H and O–H groups in total. The van der Waals surface area contributed by atoms with E-state index >= 15 is 0 Å². The van der Waals surface area contributed by atoms with Crippen molar-refractivity contribution in [3.63, 3.8) is 0 Å². The summed E-state index contributed by atoms with van der Waals surface area (Å²) in [6, 6.07) is 3.70. The van der Waals surface area contributed by atoms with Gasteiger partial charge in [-0.2, -0.15) is 0 Å². The fourth-order valence-electron chi connectivity index (χ4n) is 3.58. The number of benzene rings is 1. The number of piperidine rings is 1. The van der Waals surface area contributed by atoms with Crippen molar-refractivity contribution in [3.05, 3.63) is 39.7 Å². The summed E-state index contributed by atoms with van der Waals surface area (Å²) < 4.78 is 18.8. The zero-order chi connectivity index (χ0) is 16.9. The van der Waals surface area contributed by atoms with Gasteiger partial charge in [0.05, 0.1) is 18.1 Å². The maximum absolute atomic E-state index is 13.4. The zero-order valence-electron chi connectivity index (χ0n) is 13.8. The monoisotopic (exact) mass is 337 g/mol. The summed E-state index contributed by atoms with van der Waals surface area (Å²) >= 11 is 0. The summed E-state index contributed by atoms with van der Waals surface area (Å²) in [4.78, 5) is 15.3. The molecule has 2 aliphatic heterocycles. The van der Waals surface area contributed by atoms with Crippen molar-refractivity contribution in [3.8, 4) is 0 Å². The Morgan fingerprint density at radius 2 is 1.88 bits per heavy atom. The predicted molar refractivity (Wildman–Crippen MR) is 88.3 cm³/mol. The first-order valence-corrected chi connectivity index (χ1v) is 8.57. The van der Waals surface area contributed by atoms with Crippen molar-refractivity contribution in [2.45, 2.75) is 19.4 Å². The first-order valence-electron chi connectivity index (χ1n) is 8.57. The van der Waals surface area contributed by atoms with Crippen LogP contribution >= 0.6 is 0 Å². The highest BCUT2D eigenvalue weighted by atomic mass is 19.1. The number of likely N-dealkylation sites (tertiary alicyclic amines) is 1. The number of hydrogen-bond acceptors (Lipinski definition) is 5. The lowest BCUT2D eigenvalue weighted by Gasteiger charge is -2.36. The van der Waals surface area contributed by atoms with Crippen molar-refractivity contribution in [1.29, 1.82) is 0 Å². The molecule has 1 aromatic rings. The summed E-state index contributed by atoms with van der Waals surface area (Å²) in [6.07, 6.45) is 2.17. The summed E-state index contributed by atoms with van der Waals surface area (Å²) in [5.74, 6) is 0.250. The van der Waals surface area contributed by atoms with Gasteiger partial charge in [0.1, 0.15) is 5.82 Å². The maximum Gasteiger partial charge on any atom is 0.274 e. The largest absolute Gasteiger partial charge is 0.379 e. The highest BCUT2D eigenvalue weighted by Gasteiger charge is 2.24. The molecule has 24 heavy (non-hydrogen) atoms. The lowest BCUT2D eigenvalue weighted by Crippen LogP contribution is -2.42. The predicted octanol–water partition coefficient (Wildman–Crippen LogP) is 2.28. The number of halogens is 1. The molecule has 0 radical (unpaired) electrons. The van der Waals surface area contributed by atoms with E-state index < -0.39 is 10.7 Å². The second-order valence-electron chi connectivity index (χ2n) is 6.66. The number of rotatable bonds is 5. The molecule has 132 valence electrons. The fraction of sp³-hybridized carbons (Fsp3) is 0.647. The van der Waals surface area contributed by atoms with Crippen LogP contribution in [-0.4, -0.2) is 60.7 Å². The minimum absolute atomic E-state index is 0.00633. The summed E-state index contributed by atoms with van der Waals surface area (Å²) in [6.45, 7) is 7.02. The Bertz CT molecular complexity index is 570. The van der Waals surface area contributed by atoms with E-state index in [1.165, 1.54) is 12.1 Å². The Kier molecular flexibility index (Phi) is 5.76. The standard InChI is InChI=1S/C17H24FN3O3/c18-16-1-2-17(21(22)23)15(11-16)13-19-5-3-14(4-6-19)12-20-7-9-24-10-8-20/h1-2,11,14H,3-10,12-13H2. The van der Waals surface area contributed by atoms with Gasteiger partial charge in [-0.3, -0.25) is 19.9 Å². The molecule has 0 aromatic heterocycles. The van der Waals surface area contributed by atoms with Gasteiger partial charge in [0.25, 0.3) is 5.69 Å². The molecule has 6 nitrogen and oxygen atoms in total. The van der Waals surface area contributed by atoms with Crippen LogP contribution in [0.2, 0.25) is 0 Å². The smallest absolute Gasteiger partial charge is 0.274 e. The molecule has 2 saturated heterocycles. The molecule has 0 saturated carbocycles. The van der Waals surface area contributed by atoms with E-state index in [1.54, 1.807) is 0 Å². The minimum atomic E-state index is -0.431. The lowest BCUT2D eigenvalue weighted by molar-refractivity contribution is -0.385. The van der Waals surface area contributed by atoms with Crippen LogP contribution in [0.3, 0.4) is 0 Å². The second kappa shape index (κ2) is 8.00. The van der Waals surface area contributed by atoms with Crippen molar-refractivity contribution in [2.75, 3.05) is 45.9 Å². The average Bonchev–Trinajstić information content (AvgIpc) is 2.57. The van der Waals surface area contributed by atoms with Gasteiger partial charge in [-0.25, -0.2) is 4.39 Å². The normalized spacial score (nSPS) is 21.0. The lowest BCUT2D eigenvalue weighted by atomic mass is 9.95. The van der Waals surface area contributed by atoms with Crippen molar-refractivity contribution >= 4 is 5.69 Å². The van der Waals surface area contributed by atoms with Gasteiger partial charge in [-0.15, -0.1) is 0 Å². The third kappa shape index (κ3) is 4.49. The molecular weight excluding hydrogens is 313 g/mol. The molecular formula is C17H24FN3O3. The molecule has 0 aliphatic carbocycles. The Hall–Kier alpha value is -1.57. The van der Waals surface area contributed by atoms with Crippen molar-refractivity contribution in [1.82, 2.24) is 9.80 Å². The fourth-order valence-corrected chi connectivity index (χ4v) is 3.58. The van der Waals surface area contributed by atoms with E-state index in [2.05, 4.69) is 9.80 Å². The van der Waals surface area contributed by atoms with Gasteiger partial charge in [0, 0.05) is 37.8 Å². The van der Waals surface area contributed by atoms with E-state index in [1.807, 2.05) is 0 Å². The number of ether oxygens (including phenoxy) is 1. The summed E-state index contributed by atoms with van der Waals surface area (Å²) in [5, 5.41) is 11.1. The first kappa shape index (κ1) is 17.3. The van der Waals surface area contributed by atoms with Crippen LogP contribution < -0.4 is 0 Å². The first-order chi connectivity index (χ1) is 11.6. The van der Waals surface area contributed by atoms with Crippen molar-refractivity contribution < 1.29 is 14.1 Å². The molecule has 0 spiro atoms. The quantitative estimate of drug-likeness (QED) is 0.609. The Morgan fingerprint density at radius 1 is 1.17 bits per heavy atom. The van der Waals surface area contributed by atoms with E-state index in [4.69, 9.17) is 4.74 Å². The van der Waals surface area contributed by atoms with Crippen LogP contribution in [0.15, 0.2) is 18.2 Å². The number of nitrogens with zero attached hydrogens (tertiary/aromatic N) is 3. The number of nitro benzene ring substituents is 1. The van der Waals surface area contributed by atoms with Gasteiger partial charge in [0.15, 0.2) is 0 Å². The molecule has 2 heterocycles. The molecule has 0 atom stereocenters. The van der Waals surface area contributed by atoms with Gasteiger partial charge in [-0.05, 0) is 44.0 Å². The highest BCUT2D eigenvalue weighted by molar-refractivity contribution is 5.40. The SMILES string of the molecule is O=[N+]([O-])c1ccc(F)cc1CN1CCC(CN2CCOCC2)CC1. The third-order valence-electron chi connectivity index (χ3n) is 4.96. The van der Waals surface area contributed by atoms with E-state index in [0.717, 1.165) is 64.8 Å². The molecule has 2 fully saturated rings.